The van der Waals surface area contributed by atoms with Crippen LogP contribution < -0.4 is 0 Å². The van der Waals surface area contributed by atoms with Crippen molar-refractivity contribution in [3.8, 4) is 0 Å². The number of hydrogen-bond acceptors (Lipinski definition) is 0. The molecule has 0 aliphatic heterocycles. The Morgan fingerprint density at radius 2 is 2.18 bits per heavy atom. The lowest BCUT2D eigenvalue weighted by atomic mass is 9.78. The van der Waals surface area contributed by atoms with Crippen molar-refractivity contribution in [1.29, 1.82) is 0 Å². The van der Waals surface area contributed by atoms with Crippen molar-refractivity contribution in [3.05, 3.63) is 5.92 Å². The summed E-state index contributed by atoms with van der Waals surface area (Å²) in [6.45, 7) is 4.76. The maximum atomic E-state index is 2.45. The van der Waals surface area contributed by atoms with Crippen molar-refractivity contribution in [2.75, 3.05) is 0 Å². The molecule has 0 aromatic carbocycles. The van der Waals surface area contributed by atoms with E-state index in [1.54, 1.807) is 0 Å². The zero-order valence-electron chi connectivity index (χ0n) is 7.77. The van der Waals surface area contributed by atoms with E-state index < -0.39 is 0 Å². The Bertz CT molecular complexity index is 137. The minimum Gasteiger partial charge on any atom is -0.0654 e. The molecular weight excluding hydrogens is 132 g/mol. The van der Waals surface area contributed by atoms with Gasteiger partial charge < -0.3 is 0 Å². The SMILES string of the molecule is CCC[C]1C2CCC(C2)C1C. The Labute approximate surface area is 70.4 Å². The van der Waals surface area contributed by atoms with Crippen LogP contribution in [0.15, 0.2) is 0 Å². The second kappa shape index (κ2) is 2.80. The van der Waals surface area contributed by atoms with Gasteiger partial charge in [-0.25, -0.2) is 0 Å². The average Bonchev–Trinajstić information content (AvgIpc) is 2.54. The van der Waals surface area contributed by atoms with Crippen molar-refractivity contribution in [2.24, 2.45) is 17.8 Å². The lowest BCUT2D eigenvalue weighted by Crippen LogP contribution is -2.17. The first-order valence-corrected chi connectivity index (χ1v) is 5.18. The van der Waals surface area contributed by atoms with Gasteiger partial charge in [0.15, 0.2) is 0 Å². The zero-order valence-corrected chi connectivity index (χ0v) is 7.77. The minimum absolute atomic E-state index is 0.980. The highest BCUT2D eigenvalue weighted by molar-refractivity contribution is 5.12. The van der Waals surface area contributed by atoms with Crippen LogP contribution in [-0.2, 0) is 0 Å². The first-order valence-electron chi connectivity index (χ1n) is 5.18. The predicted molar refractivity (Wildman–Crippen MR) is 48.1 cm³/mol. The summed E-state index contributed by atoms with van der Waals surface area (Å²) < 4.78 is 0. The largest absolute Gasteiger partial charge is 0.0654 e. The van der Waals surface area contributed by atoms with Crippen molar-refractivity contribution in [3.63, 3.8) is 0 Å². The van der Waals surface area contributed by atoms with Crippen LogP contribution in [0.3, 0.4) is 0 Å². The monoisotopic (exact) mass is 151 g/mol. The van der Waals surface area contributed by atoms with Crippen molar-refractivity contribution < 1.29 is 0 Å². The van der Waals surface area contributed by atoms with Crippen LogP contribution in [-0.4, -0.2) is 0 Å². The summed E-state index contributed by atoms with van der Waals surface area (Å²) in [5.74, 6) is 5.04. The van der Waals surface area contributed by atoms with Gasteiger partial charge in [-0.2, -0.15) is 0 Å². The molecule has 0 saturated heterocycles. The highest BCUT2D eigenvalue weighted by Crippen LogP contribution is 2.54. The van der Waals surface area contributed by atoms with Crippen LogP contribution in [0.5, 0.6) is 0 Å². The molecule has 0 spiro atoms. The molecule has 3 unspecified atom stereocenters. The van der Waals surface area contributed by atoms with Gasteiger partial charge in [-0.05, 0) is 49.4 Å². The Balaban J connectivity index is 2.00. The summed E-state index contributed by atoms with van der Waals surface area (Å²) in [4.78, 5) is 0. The molecule has 1 radical (unpaired) electrons. The highest BCUT2D eigenvalue weighted by Gasteiger charge is 2.44. The van der Waals surface area contributed by atoms with E-state index in [1.165, 1.54) is 32.1 Å². The zero-order chi connectivity index (χ0) is 7.84. The van der Waals surface area contributed by atoms with Gasteiger partial charge in [0.25, 0.3) is 0 Å². The molecule has 0 amide bonds. The molecule has 11 heavy (non-hydrogen) atoms. The van der Waals surface area contributed by atoms with Gasteiger partial charge in [-0.1, -0.05) is 20.3 Å². The van der Waals surface area contributed by atoms with E-state index in [-0.39, 0.29) is 0 Å². The third-order valence-corrected chi connectivity index (χ3v) is 3.83. The normalized spacial score (nSPS) is 43.6. The molecule has 2 aliphatic rings. The minimum atomic E-state index is 0.980. The van der Waals surface area contributed by atoms with Gasteiger partial charge in [-0.15, -0.1) is 0 Å². The molecule has 2 bridgehead atoms. The van der Waals surface area contributed by atoms with Gasteiger partial charge in [0.1, 0.15) is 0 Å². The molecule has 0 aromatic heterocycles. The fraction of sp³-hybridized carbons (Fsp3) is 0.909. The smallest absolute Gasteiger partial charge is 0.0179 e. The lowest BCUT2D eigenvalue weighted by Gasteiger charge is -2.27. The Hall–Kier alpha value is 0. The summed E-state index contributed by atoms with van der Waals surface area (Å²) in [5, 5.41) is 0. The van der Waals surface area contributed by atoms with Crippen molar-refractivity contribution in [1.82, 2.24) is 0 Å². The van der Waals surface area contributed by atoms with Gasteiger partial charge in [0.05, 0.1) is 0 Å². The van der Waals surface area contributed by atoms with Crippen molar-refractivity contribution >= 4 is 0 Å². The van der Waals surface area contributed by atoms with E-state index in [4.69, 9.17) is 0 Å². The summed E-state index contributed by atoms with van der Waals surface area (Å²) >= 11 is 0. The second-order valence-corrected chi connectivity index (χ2v) is 4.38. The molecule has 2 fully saturated rings. The van der Waals surface area contributed by atoms with Crippen LogP contribution in [0.1, 0.15) is 46.0 Å². The van der Waals surface area contributed by atoms with Crippen molar-refractivity contribution in [2.45, 2.75) is 46.0 Å². The van der Waals surface area contributed by atoms with E-state index in [2.05, 4.69) is 13.8 Å². The van der Waals surface area contributed by atoms with E-state index in [0.29, 0.717) is 0 Å². The van der Waals surface area contributed by atoms with Crippen LogP contribution in [0.25, 0.3) is 0 Å². The number of rotatable bonds is 2. The molecular formula is C11H19. The molecule has 0 N–H and O–H groups in total. The highest BCUT2D eigenvalue weighted by atomic mass is 14.5. The standard InChI is InChI=1S/C11H19/c1-3-4-11-8(2)9-5-6-10(11)7-9/h8-10H,3-7H2,1-2H3. The Kier molecular flexibility index (Phi) is 1.95. The van der Waals surface area contributed by atoms with Gasteiger partial charge in [0, 0.05) is 0 Å². The fourth-order valence-corrected chi connectivity index (χ4v) is 3.20. The molecule has 0 aromatic rings. The van der Waals surface area contributed by atoms with Crippen LogP contribution in [0.4, 0.5) is 0 Å². The second-order valence-electron chi connectivity index (χ2n) is 4.38. The third-order valence-electron chi connectivity index (χ3n) is 3.83. The van der Waals surface area contributed by atoms with Crippen LogP contribution in [0, 0.1) is 23.7 Å². The van der Waals surface area contributed by atoms with Crippen LogP contribution in [0.2, 0.25) is 0 Å². The van der Waals surface area contributed by atoms with E-state index in [1.807, 2.05) is 5.92 Å². The molecule has 2 rings (SSSR count). The van der Waals surface area contributed by atoms with E-state index in [0.717, 1.165) is 17.8 Å². The molecule has 2 aliphatic carbocycles. The summed E-state index contributed by atoms with van der Waals surface area (Å²) in [5.41, 5.74) is 0. The summed E-state index contributed by atoms with van der Waals surface area (Å²) in [7, 11) is 0. The average molecular weight is 151 g/mol. The van der Waals surface area contributed by atoms with Gasteiger partial charge in [-0.3, -0.25) is 0 Å². The van der Waals surface area contributed by atoms with Gasteiger partial charge in [0.2, 0.25) is 0 Å². The first-order chi connectivity index (χ1) is 5.33. The maximum Gasteiger partial charge on any atom is -0.0179 e. The first kappa shape index (κ1) is 7.64. The van der Waals surface area contributed by atoms with E-state index in [9.17, 15) is 0 Å². The predicted octanol–water partition coefficient (Wildman–Crippen LogP) is 3.43. The molecule has 3 atom stereocenters. The fourth-order valence-electron chi connectivity index (χ4n) is 3.20. The number of fused-ring (bicyclic) bond motifs is 2. The maximum absolute atomic E-state index is 2.45. The molecule has 0 nitrogen and oxygen atoms in total. The summed E-state index contributed by atoms with van der Waals surface area (Å²) in [6.07, 6.45) is 7.37. The van der Waals surface area contributed by atoms with Crippen LogP contribution >= 0.6 is 0 Å². The molecule has 2 saturated carbocycles. The Morgan fingerprint density at radius 1 is 1.36 bits per heavy atom. The summed E-state index contributed by atoms with van der Waals surface area (Å²) in [6, 6.07) is 0. The third kappa shape index (κ3) is 1.11. The topological polar surface area (TPSA) is 0 Å². The van der Waals surface area contributed by atoms with E-state index >= 15 is 0 Å². The quantitative estimate of drug-likeness (QED) is 0.567. The molecule has 0 heterocycles. The Morgan fingerprint density at radius 3 is 2.73 bits per heavy atom. The molecule has 0 heteroatoms. The van der Waals surface area contributed by atoms with Gasteiger partial charge >= 0.3 is 0 Å². The lowest BCUT2D eigenvalue weighted by molar-refractivity contribution is 0.372. The molecule has 63 valence electrons. The number of hydrogen-bond donors (Lipinski definition) is 0.